The van der Waals surface area contributed by atoms with E-state index in [4.69, 9.17) is 5.11 Å². The molecule has 1 atom stereocenters. The summed E-state index contributed by atoms with van der Waals surface area (Å²) in [7, 11) is 0. The molecule has 0 saturated carbocycles. The Morgan fingerprint density at radius 2 is 2.31 bits per heavy atom. The smallest absolute Gasteiger partial charge is 0.320 e. The summed E-state index contributed by atoms with van der Waals surface area (Å²) in [4.78, 5) is 12.0. The van der Waals surface area contributed by atoms with Crippen LogP contribution in [0.1, 0.15) is 19.8 Å². The van der Waals surface area contributed by atoms with Crippen LogP contribution >= 0.6 is 0 Å². The number of hydrogen-bond acceptors (Lipinski definition) is 2. The van der Waals surface area contributed by atoms with Crippen molar-refractivity contribution >= 4 is 5.97 Å². The molecule has 0 radical (unpaired) electrons. The number of halogens is 2. The van der Waals surface area contributed by atoms with Crippen molar-refractivity contribution in [2.75, 3.05) is 13.1 Å². The fourth-order valence-corrected chi connectivity index (χ4v) is 1.62. The molecule has 0 amide bonds. The topological polar surface area (TPSA) is 40.5 Å². The first-order valence-electron chi connectivity index (χ1n) is 4.31. The van der Waals surface area contributed by atoms with Gasteiger partial charge in [-0.15, -0.1) is 0 Å². The maximum atomic E-state index is 12.7. The van der Waals surface area contributed by atoms with Gasteiger partial charge in [0.15, 0.2) is 0 Å². The van der Waals surface area contributed by atoms with Crippen LogP contribution in [0.3, 0.4) is 0 Å². The lowest BCUT2D eigenvalue weighted by Crippen LogP contribution is -2.40. The van der Waals surface area contributed by atoms with E-state index in [1.165, 1.54) is 4.90 Å². The number of alkyl halides is 2. The number of aliphatic carboxylic acids is 1. The van der Waals surface area contributed by atoms with E-state index in [0.717, 1.165) is 0 Å². The summed E-state index contributed by atoms with van der Waals surface area (Å²) in [6.45, 7) is 1.45. The molecule has 0 aliphatic carbocycles. The van der Waals surface area contributed by atoms with Gasteiger partial charge in [-0.2, -0.15) is 0 Å². The molecule has 1 heterocycles. The van der Waals surface area contributed by atoms with Crippen LogP contribution in [0.5, 0.6) is 0 Å². The Kier molecular flexibility index (Phi) is 2.85. The molecule has 0 spiro atoms. The van der Waals surface area contributed by atoms with Crippen molar-refractivity contribution in [1.82, 2.24) is 4.90 Å². The molecule has 1 N–H and O–H groups in total. The average Bonchev–Trinajstić information content (AvgIpc) is 2.31. The van der Waals surface area contributed by atoms with Crippen molar-refractivity contribution < 1.29 is 18.7 Å². The van der Waals surface area contributed by atoms with Crippen LogP contribution in [0, 0.1) is 0 Å². The van der Waals surface area contributed by atoms with Crippen molar-refractivity contribution in [1.29, 1.82) is 0 Å². The third kappa shape index (κ3) is 2.37. The van der Waals surface area contributed by atoms with Gasteiger partial charge < -0.3 is 5.11 Å². The average molecular weight is 193 g/mol. The third-order valence-corrected chi connectivity index (χ3v) is 2.31. The van der Waals surface area contributed by atoms with Gasteiger partial charge >= 0.3 is 5.97 Å². The number of hydrogen-bond donors (Lipinski definition) is 1. The van der Waals surface area contributed by atoms with Crippen LogP contribution in [0.15, 0.2) is 0 Å². The lowest BCUT2D eigenvalue weighted by Gasteiger charge is -2.22. The van der Waals surface area contributed by atoms with Crippen LogP contribution in [0.2, 0.25) is 0 Å². The molecular formula is C8H13F2NO2. The molecule has 76 valence electrons. The minimum absolute atomic E-state index is 0.178. The van der Waals surface area contributed by atoms with Gasteiger partial charge in [-0.3, -0.25) is 9.69 Å². The maximum Gasteiger partial charge on any atom is 0.320 e. The summed E-state index contributed by atoms with van der Waals surface area (Å²) in [5, 5.41) is 8.72. The Hall–Kier alpha value is -0.710. The lowest BCUT2D eigenvalue weighted by atomic mass is 10.2. The quantitative estimate of drug-likeness (QED) is 0.731. The highest BCUT2D eigenvalue weighted by Gasteiger charge is 2.42. The molecule has 1 aliphatic rings. The molecule has 0 aromatic carbocycles. The highest BCUT2D eigenvalue weighted by Crippen LogP contribution is 2.28. The number of carboxylic acids is 1. The van der Waals surface area contributed by atoms with Crippen LogP contribution in [-0.4, -0.2) is 41.0 Å². The zero-order chi connectivity index (χ0) is 10.1. The number of rotatable bonds is 3. The molecule has 1 rings (SSSR count). The normalized spacial score (nSPS) is 24.5. The van der Waals surface area contributed by atoms with E-state index in [1.54, 1.807) is 6.92 Å². The second-order valence-electron chi connectivity index (χ2n) is 3.34. The van der Waals surface area contributed by atoms with E-state index in [2.05, 4.69) is 0 Å². The summed E-state index contributed by atoms with van der Waals surface area (Å²) in [5.74, 6) is -3.72. The molecule has 1 aliphatic heterocycles. The first-order chi connectivity index (χ1) is 5.96. The van der Waals surface area contributed by atoms with E-state index in [1.807, 2.05) is 0 Å². The second-order valence-corrected chi connectivity index (χ2v) is 3.34. The first kappa shape index (κ1) is 10.4. The van der Waals surface area contributed by atoms with E-state index >= 15 is 0 Å². The summed E-state index contributed by atoms with van der Waals surface area (Å²) >= 11 is 0. The van der Waals surface area contributed by atoms with Crippen LogP contribution in [-0.2, 0) is 4.79 Å². The van der Waals surface area contributed by atoms with Gasteiger partial charge in [-0.25, -0.2) is 8.78 Å². The minimum atomic E-state index is -2.71. The molecule has 1 fully saturated rings. The molecule has 1 saturated heterocycles. The number of likely N-dealkylation sites (tertiary alicyclic amines) is 1. The summed E-state index contributed by atoms with van der Waals surface area (Å²) < 4.78 is 25.4. The third-order valence-electron chi connectivity index (χ3n) is 2.31. The summed E-state index contributed by atoms with van der Waals surface area (Å²) in [6, 6.07) is -0.756. The van der Waals surface area contributed by atoms with Gasteiger partial charge in [-0.05, 0) is 6.42 Å². The van der Waals surface area contributed by atoms with Crippen molar-refractivity contribution in [2.24, 2.45) is 0 Å². The SMILES string of the molecule is CCC(C(=O)O)N1CCC(F)(F)C1. The lowest BCUT2D eigenvalue weighted by molar-refractivity contribution is -0.143. The van der Waals surface area contributed by atoms with Crippen molar-refractivity contribution in [3.05, 3.63) is 0 Å². The van der Waals surface area contributed by atoms with Crippen molar-refractivity contribution in [2.45, 2.75) is 31.7 Å². The predicted octanol–water partition coefficient (Wildman–Crippen LogP) is 1.19. The molecule has 0 aromatic rings. The zero-order valence-electron chi connectivity index (χ0n) is 7.46. The van der Waals surface area contributed by atoms with E-state index in [-0.39, 0.29) is 13.0 Å². The predicted molar refractivity (Wildman–Crippen MR) is 42.9 cm³/mol. The molecule has 3 nitrogen and oxygen atoms in total. The highest BCUT2D eigenvalue weighted by molar-refractivity contribution is 5.73. The molecule has 0 bridgehead atoms. The summed E-state index contributed by atoms with van der Waals surface area (Å²) in [5.41, 5.74) is 0. The van der Waals surface area contributed by atoms with Gasteiger partial charge in [0.2, 0.25) is 0 Å². The van der Waals surface area contributed by atoms with Gasteiger partial charge in [0.25, 0.3) is 5.92 Å². The maximum absolute atomic E-state index is 12.7. The minimum Gasteiger partial charge on any atom is -0.480 e. The Morgan fingerprint density at radius 1 is 1.69 bits per heavy atom. The van der Waals surface area contributed by atoms with Crippen LogP contribution in [0.25, 0.3) is 0 Å². The molecule has 5 heteroatoms. The highest BCUT2D eigenvalue weighted by atomic mass is 19.3. The van der Waals surface area contributed by atoms with Crippen LogP contribution < -0.4 is 0 Å². The van der Waals surface area contributed by atoms with E-state index in [0.29, 0.717) is 6.42 Å². The monoisotopic (exact) mass is 193 g/mol. The zero-order valence-corrected chi connectivity index (χ0v) is 7.46. The van der Waals surface area contributed by atoms with E-state index in [9.17, 15) is 13.6 Å². The standard InChI is InChI=1S/C8H13F2NO2/c1-2-6(7(12)13)11-4-3-8(9,10)5-11/h6H,2-5H2,1H3,(H,12,13). The number of carboxylic acid groups (broad SMARTS) is 1. The number of carbonyl (C=O) groups is 1. The van der Waals surface area contributed by atoms with Crippen molar-refractivity contribution in [3.63, 3.8) is 0 Å². The summed E-state index contributed by atoms with van der Waals surface area (Å²) in [6.07, 6.45) is 0.141. The second kappa shape index (κ2) is 3.57. The molecule has 0 aromatic heterocycles. The van der Waals surface area contributed by atoms with Gasteiger partial charge in [0, 0.05) is 13.0 Å². The van der Waals surface area contributed by atoms with Crippen molar-refractivity contribution in [3.8, 4) is 0 Å². The molecular weight excluding hydrogens is 180 g/mol. The van der Waals surface area contributed by atoms with E-state index < -0.39 is 24.5 Å². The molecule has 13 heavy (non-hydrogen) atoms. The molecule has 1 unspecified atom stereocenters. The fraction of sp³-hybridized carbons (Fsp3) is 0.875. The Bertz CT molecular complexity index is 208. The fourth-order valence-electron chi connectivity index (χ4n) is 1.62. The first-order valence-corrected chi connectivity index (χ1v) is 4.31. The largest absolute Gasteiger partial charge is 0.480 e. The van der Waals surface area contributed by atoms with Crippen LogP contribution in [0.4, 0.5) is 8.78 Å². The van der Waals surface area contributed by atoms with Gasteiger partial charge in [-0.1, -0.05) is 6.92 Å². The number of nitrogens with zero attached hydrogens (tertiary/aromatic N) is 1. The van der Waals surface area contributed by atoms with Gasteiger partial charge in [0.05, 0.1) is 6.54 Å². The Labute approximate surface area is 75.3 Å². The van der Waals surface area contributed by atoms with Gasteiger partial charge in [0.1, 0.15) is 6.04 Å². The Balaban J connectivity index is 2.58. The Morgan fingerprint density at radius 3 is 2.62 bits per heavy atom.